The maximum absolute atomic E-state index is 11.7. The number of nitrogens with zero attached hydrogens (tertiary/aromatic N) is 2. The Morgan fingerprint density at radius 3 is 3.05 bits per heavy atom. The summed E-state index contributed by atoms with van der Waals surface area (Å²) < 4.78 is 0. The highest BCUT2D eigenvalue weighted by atomic mass is 16.6. The van der Waals surface area contributed by atoms with Gasteiger partial charge in [-0.1, -0.05) is 0 Å². The summed E-state index contributed by atoms with van der Waals surface area (Å²) in [6, 6.07) is 3.14. The predicted octanol–water partition coefficient (Wildman–Crippen LogP) is 0.995. The van der Waals surface area contributed by atoms with Crippen molar-refractivity contribution in [3.05, 3.63) is 38.9 Å². The molecule has 8 nitrogen and oxygen atoms in total. The Kier molecular flexibility index (Phi) is 3.53. The average Bonchev–Trinajstić information content (AvgIpc) is 2.97. The Hall–Kier alpha value is -2.48. The van der Waals surface area contributed by atoms with Gasteiger partial charge in [-0.25, -0.2) is 4.98 Å². The number of nitro groups is 1. The molecular formula is C13H15N5O3. The first kappa shape index (κ1) is 13.5. The highest BCUT2D eigenvalue weighted by molar-refractivity contribution is 5.86. The van der Waals surface area contributed by atoms with Gasteiger partial charge in [0.2, 0.25) is 0 Å². The molecule has 1 fully saturated rings. The predicted molar refractivity (Wildman–Crippen MR) is 78.5 cm³/mol. The van der Waals surface area contributed by atoms with Gasteiger partial charge in [-0.15, -0.1) is 0 Å². The molecule has 1 aliphatic heterocycles. The Bertz CT molecular complexity index is 736. The van der Waals surface area contributed by atoms with Gasteiger partial charge in [0, 0.05) is 18.7 Å². The lowest BCUT2D eigenvalue weighted by Crippen LogP contribution is -2.29. The third kappa shape index (κ3) is 2.70. The van der Waals surface area contributed by atoms with Crippen molar-refractivity contribution in [2.45, 2.75) is 18.9 Å². The standard InChI is InChI=1S/C13H15N5O3/c19-13-9-4-12(18(20)21)11(5-10(9)16-7-17-13)15-6-8-2-1-3-14-8/h4-5,7-8,14-15H,1-3,6H2,(H,16,17,19). The summed E-state index contributed by atoms with van der Waals surface area (Å²) in [4.78, 5) is 28.8. The second-order valence-electron chi connectivity index (χ2n) is 5.05. The lowest BCUT2D eigenvalue weighted by molar-refractivity contribution is -0.383. The normalized spacial score (nSPS) is 18.0. The molecule has 1 aromatic heterocycles. The molecule has 3 rings (SSSR count). The first-order chi connectivity index (χ1) is 10.1. The molecule has 1 atom stereocenters. The molecule has 0 amide bonds. The minimum Gasteiger partial charge on any atom is -0.378 e. The third-order valence-electron chi connectivity index (χ3n) is 3.66. The number of H-pyrrole nitrogens is 1. The first-order valence-electron chi connectivity index (χ1n) is 6.78. The molecule has 21 heavy (non-hydrogen) atoms. The van der Waals surface area contributed by atoms with E-state index in [0.717, 1.165) is 19.4 Å². The summed E-state index contributed by atoms with van der Waals surface area (Å²) in [5.41, 5.74) is 0.330. The number of aromatic nitrogens is 2. The summed E-state index contributed by atoms with van der Waals surface area (Å²) in [5.74, 6) is 0. The molecule has 1 unspecified atom stereocenters. The molecule has 3 N–H and O–H groups in total. The van der Waals surface area contributed by atoms with Gasteiger partial charge in [-0.05, 0) is 25.5 Å². The van der Waals surface area contributed by atoms with Crippen LogP contribution in [0.4, 0.5) is 11.4 Å². The van der Waals surface area contributed by atoms with Gasteiger partial charge in [0.05, 0.1) is 22.2 Å². The van der Waals surface area contributed by atoms with Crippen molar-refractivity contribution in [3.63, 3.8) is 0 Å². The van der Waals surface area contributed by atoms with Crippen LogP contribution in [-0.2, 0) is 0 Å². The van der Waals surface area contributed by atoms with E-state index < -0.39 is 4.92 Å². The Morgan fingerprint density at radius 2 is 2.33 bits per heavy atom. The van der Waals surface area contributed by atoms with E-state index in [1.54, 1.807) is 6.07 Å². The van der Waals surface area contributed by atoms with Crippen molar-refractivity contribution < 1.29 is 4.92 Å². The number of benzene rings is 1. The maximum atomic E-state index is 11.7. The summed E-state index contributed by atoms with van der Waals surface area (Å²) in [7, 11) is 0. The van der Waals surface area contributed by atoms with Crippen LogP contribution < -0.4 is 16.2 Å². The van der Waals surface area contributed by atoms with E-state index >= 15 is 0 Å². The zero-order chi connectivity index (χ0) is 14.8. The zero-order valence-corrected chi connectivity index (χ0v) is 11.3. The molecule has 0 spiro atoms. The number of rotatable bonds is 4. The summed E-state index contributed by atoms with van der Waals surface area (Å²) in [5, 5.41) is 17.8. The lowest BCUT2D eigenvalue weighted by atomic mass is 10.1. The molecule has 0 bridgehead atoms. The van der Waals surface area contributed by atoms with Gasteiger partial charge in [0.1, 0.15) is 5.69 Å². The average molecular weight is 289 g/mol. The molecule has 8 heteroatoms. The molecule has 0 radical (unpaired) electrons. The molecule has 1 aromatic carbocycles. The fourth-order valence-electron chi connectivity index (χ4n) is 2.56. The lowest BCUT2D eigenvalue weighted by Gasteiger charge is -2.13. The van der Waals surface area contributed by atoms with Gasteiger partial charge in [-0.2, -0.15) is 0 Å². The van der Waals surface area contributed by atoms with Gasteiger partial charge >= 0.3 is 0 Å². The highest BCUT2D eigenvalue weighted by Crippen LogP contribution is 2.28. The minimum atomic E-state index is -0.490. The SMILES string of the molecule is O=c1[nH]cnc2cc(NCC3CCCN3)c([N+](=O)[O-])cc12. The van der Waals surface area contributed by atoms with Crippen molar-refractivity contribution >= 4 is 22.3 Å². The van der Waals surface area contributed by atoms with E-state index in [9.17, 15) is 14.9 Å². The number of fused-ring (bicyclic) bond motifs is 1. The van der Waals surface area contributed by atoms with E-state index in [2.05, 4.69) is 20.6 Å². The van der Waals surface area contributed by atoms with E-state index in [4.69, 9.17) is 0 Å². The molecule has 0 aliphatic carbocycles. The van der Waals surface area contributed by atoms with Gasteiger partial charge in [0.15, 0.2) is 0 Å². The maximum Gasteiger partial charge on any atom is 0.293 e. The molecule has 2 heterocycles. The van der Waals surface area contributed by atoms with Crippen molar-refractivity contribution in [2.24, 2.45) is 0 Å². The van der Waals surface area contributed by atoms with Crippen LogP contribution in [0.3, 0.4) is 0 Å². The Balaban J connectivity index is 1.97. The van der Waals surface area contributed by atoms with Crippen LogP contribution in [0.25, 0.3) is 10.9 Å². The van der Waals surface area contributed by atoms with Crippen molar-refractivity contribution in [1.29, 1.82) is 0 Å². The van der Waals surface area contributed by atoms with Crippen LogP contribution in [0.15, 0.2) is 23.3 Å². The third-order valence-corrected chi connectivity index (χ3v) is 3.66. The van der Waals surface area contributed by atoms with Gasteiger partial charge in [0.25, 0.3) is 11.2 Å². The quantitative estimate of drug-likeness (QED) is 0.571. The number of anilines is 1. The monoisotopic (exact) mass is 289 g/mol. The van der Waals surface area contributed by atoms with Crippen molar-refractivity contribution in [2.75, 3.05) is 18.4 Å². The number of aromatic amines is 1. The summed E-state index contributed by atoms with van der Waals surface area (Å²) in [6.07, 6.45) is 3.45. The second kappa shape index (κ2) is 5.49. The topological polar surface area (TPSA) is 113 Å². The molecule has 110 valence electrons. The van der Waals surface area contributed by atoms with Crippen LogP contribution in [0.5, 0.6) is 0 Å². The second-order valence-corrected chi connectivity index (χ2v) is 5.05. The number of nitrogens with one attached hydrogen (secondary N) is 3. The smallest absolute Gasteiger partial charge is 0.293 e. The Morgan fingerprint density at radius 1 is 1.48 bits per heavy atom. The van der Waals surface area contributed by atoms with E-state index in [1.807, 2.05) is 0 Å². The van der Waals surface area contributed by atoms with Gasteiger partial charge < -0.3 is 15.6 Å². The van der Waals surface area contributed by atoms with E-state index in [1.165, 1.54) is 12.4 Å². The number of nitro benzene ring substituents is 1. The largest absolute Gasteiger partial charge is 0.378 e. The van der Waals surface area contributed by atoms with Crippen LogP contribution >= 0.6 is 0 Å². The zero-order valence-electron chi connectivity index (χ0n) is 11.3. The number of hydrogen-bond acceptors (Lipinski definition) is 6. The highest BCUT2D eigenvalue weighted by Gasteiger charge is 2.19. The summed E-state index contributed by atoms with van der Waals surface area (Å²) in [6.45, 7) is 1.58. The molecular weight excluding hydrogens is 274 g/mol. The van der Waals surface area contributed by atoms with Gasteiger partial charge in [-0.3, -0.25) is 14.9 Å². The fourth-order valence-corrected chi connectivity index (χ4v) is 2.56. The van der Waals surface area contributed by atoms with E-state index in [0.29, 0.717) is 23.8 Å². The Labute approximate surface area is 119 Å². The van der Waals surface area contributed by atoms with Crippen LogP contribution in [0, 0.1) is 10.1 Å². The van der Waals surface area contributed by atoms with Crippen molar-refractivity contribution in [3.8, 4) is 0 Å². The van der Waals surface area contributed by atoms with Crippen LogP contribution in [-0.4, -0.2) is 34.0 Å². The molecule has 1 aliphatic rings. The fraction of sp³-hybridized carbons (Fsp3) is 0.385. The summed E-state index contributed by atoms with van der Waals surface area (Å²) >= 11 is 0. The first-order valence-corrected chi connectivity index (χ1v) is 6.78. The van der Waals surface area contributed by atoms with Crippen LogP contribution in [0.2, 0.25) is 0 Å². The van der Waals surface area contributed by atoms with Crippen molar-refractivity contribution in [1.82, 2.24) is 15.3 Å². The van der Waals surface area contributed by atoms with Crippen LogP contribution in [0.1, 0.15) is 12.8 Å². The molecule has 1 saturated heterocycles. The minimum absolute atomic E-state index is 0.112. The molecule has 0 saturated carbocycles. The number of hydrogen-bond donors (Lipinski definition) is 3. The van der Waals surface area contributed by atoms with E-state index in [-0.39, 0.29) is 16.6 Å². The molecule has 2 aromatic rings.